The molecule has 0 aliphatic rings. The molecule has 1 aromatic carbocycles. The third-order valence-corrected chi connectivity index (χ3v) is 3.60. The third-order valence-electron chi connectivity index (χ3n) is 3.14. The van der Waals surface area contributed by atoms with E-state index in [-0.39, 0.29) is 0 Å². The molecule has 0 saturated heterocycles. The fraction of sp³-hybridized carbons (Fsp3) is 0.133. The molecule has 0 radical (unpaired) electrons. The molecule has 2 aromatic heterocycles. The average molecular weight is 291 g/mol. The van der Waals surface area contributed by atoms with E-state index < -0.39 is 0 Å². The van der Waals surface area contributed by atoms with Crippen molar-refractivity contribution in [2.75, 3.05) is 0 Å². The van der Waals surface area contributed by atoms with E-state index in [0.29, 0.717) is 10.9 Å². The van der Waals surface area contributed by atoms with Crippen molar-refractivity contribution in [1.82, 2.24) is 9.38 Å². The number of hydrogen-bond acceptors (Lipinski definition) is 1. The van der Waals surface area contributed by atoms with Crippen molar-refractivity contribution in [3.05, 3.63) is 58.9 Å². The Morgan fingerprint density at radius 3 is 2.63 bits per heavy atom. The lowest BCUT2D eigenvalue weighted by Crippen LogP contribution is -1.92. The maximum Gasteiger partial charge on any atom is 0.140 e. The summed E-state index contributed by atoms with van der Waals surface area (Å²) in [5.74, 6) is 0.394. The second kappa shape index (κ2) is 4.87. The van der Waals surface area contributed by atoms with Crippen LogP contribution in [0.1, 0.15) is 11.3 Å². The number of aromatic nitrogens is 2. The molecule has 0 bridgehead atoms. The van der Waals surface area contributed by atoms with Gasteiger partial charge >= 0.3 is 0 Å². The Balaban J connectivity index is 2.35. The minimum absolute atomic E-state index is 0.394. The highest BCUT2D eigenvalue weighted by Gasteiger charge is 2.14. The fourth-order valence-electron chi connectivity index (χ4n) is 2.27. The topological polar surface area (TPSA) is 17.3 Å². The molecule has 0 aliphatic heterocycles. The molecule has 2 nitrogen and oxygen atoms in total. The van der Waals surface area contributed by atoms with Gasteiger partial charge < -0.3 is 4.40 Å². The standard InChI is InChI=1S/C15H12Cl2N2/c1-10-7-12(17)9-19-13(8-16)14(18-15(10)19)11-5-3-2-4-6-11/h2-7,9H,8H2,1H3. The second-order valence-electron chi connectivity index (χ2n) is 4.44. The van der Waals surface area contributed by atoms with Crippen LogP contribution in [0.3, 0.4) is 0 Å². The zero-order valence-electron chi connectivity index (χ0n) is 10.4. The van der Waals surface area contributed by atoms with E-state index in [4.69, 9.17) is 28.2 Å². The minimum atomic E-state index is 0.394. The molecule has 0 fully saturated rings. The Morgan fingerprint density at radius 2 is 1.95 bits per heavy atom. The second-order valence-corrected chi connectivity index (χ2v) is 5.15. The summed E-state index contributed by atoms with van der Waals surface area (Å²) in [6, 6.07) is 12.0. The number of halogens is 2. The van der Waals surface area contributed by atoms with E-state index in [0.717, 1.165) is 28.2 Å². The summed E-state index contributed by atoms with van der Waals surface area (Å²) in [7, 11) is 0. The van der Waals surface area contributed by atoms with Gasteiger partial charge in [-0.2, -0.15) is 0 Å². The Kier molecular flexibility index (Phi) is 3.21. The molecule has 3 aromatic rings. The lowest BCUT2D eigenvalue weighted by molar-refractivity contribution is 1.08. The fourth-order valence-corrected chi connectivity index (χ4v) is 2.79. The van der Waals surface area contributed by atoms with Gasteiger partial charge in [0, 0.05) is 11.8 Å². The molecule has 96 valence electrons. The van der Waals surface area contributed by atoms with Crippen LogP contribution in [0.25, 0.3) is 16.9 Å². The number of rotatable bonds is 2. The highest BCUT2D eigenvalue weighted by Crippen LogP contribution is 2.28. The average Bonchev–Trinajstić information content (AvgIpc) is 2.78. The van der Waals surface area contributed by atoms with Gasteiger partial charge in [-0.15, -0.1) is 11.6 Å². The molecule has 0 aliphatic carbocycles. The van der Waals surface area contributed by atoms with Crippen LogP contribution in [-0.4, -0.2) is 9.38 Å². The zero-order valence-corrected chi connectivity index (χ0v) is 11.9. The van der Waals surface area contributed by atoms with Gasteiger partial charge in [0.2, 0.25) is 0 Å². The molecule has 0 saturated carbocycles. The number of alkyl halides is 1. The maximum absolute atomic E-state index is 6.12. The largest absolute Gasteiger partial charge is 0.300 e. The lowest BCUT2D eigenvalue weighted by Gasteiger charge is -2.02. The Bertz CT molecular complexity index is 733. The highest BCUT2D eigenvalue weighted by molar-refractivity contribution is 6.30. The van der Waals surface area contributed by atoms with E-state index >= 15 is 0 Å². The van der Waals surface area contributed by atoms with Crippen LogP contribution in [0, 0.1) is 6.92 Å². The highest BCUT2D eigenvalue weighted by atomic mass is 35.5. The predicted molar refractivity (Wildman–Crippen MR) is 79.9 cm³/mol. The van der Waals surface area contributed by atoms with Crippen molar-refractivity contribution in [2.45, 2.75) is 12.8 Å². The zero-order chi connectivity index (χ0) is 13.4. The summed E-state index contributed by atoms with van der Waals surface area (Å²) in [6.07, 6.45) is 1.86. The van der Waals surface area contributed by atoms with Crippen LogP contribution in [0.15, 0.2) is 42.6 Å². The van der Waals surface area contributed by atoms with Gasteiger partial charge in [-0.1, -0.05) is 41.9 Å². The first-order valence-electron chi connectivity index (χ1n) is 5.99. The van der Waals surface area contributed by atoms with E-state index in [2.05, 4.69) is 0 Å². The third kappa shape index (κ3) is 2.11. The summed E-state index contributed by atoms with van der Waals surface area (Å²) >= 11 is 12.2. The normalized spacial score (nSPS) is 11.1. The molecule has 0 N–H and O–H groups in total. The quantitative estimate of drug-likeness (QED) is 0.625. The smallest absolute Gasteiger partial charge is 0.140 e. The van der Waals surface area contributed by atoms with Gasteiger partial charge in [-0.3, -0.25) is 0 Å². The van der Waals surface area contributed by atoms with Crippen molar-refractivity contribution in [2.24, 2.45) is 0 Å². The lowest BCUT2D eigenvalue weighted by atomic mass is 10.1. The molecule has 0 unspecified atom stereocenters. The molecular formula is C15H12Cl2N2. The van der Waals surface area contributed by atoms with Crippen LogP contribution in [0.4, 0.5) is 0 Å². The van der Waals surface area contributed by atoms with Crippen LogP contribution >= 0.6 is 23.2 Å². The summed E-state index contributed by atoms with van der Waals surface area (Å²) in [5.41, 5.74) is 4.90. The van der Waals surface area contributed by atoms with E-state index in [1.165, 1.54) is 0 Å². The predicted octanol–water partition coefficient (Wildman–Crippen LogP) is 4.70. The summed E-state index contributed by atoms with van der Waals surface area (Å²) in [6.45, 7) is 2.00. The molecule has 19 heavy (non-hydrogen) atoms. The summed E-state index contributed by atoms with van der Waals surface area (Å²) in [5, 5.41) is 0.688. The molecule has 2 heterocycles. The van der Waals surface area contributed by atoms with Crippen LogP contribution in [0.2, 0.25) is 5.02 Å². The molecule has 0 atom stereocenters. The first-order chi connectivity index (χ1) is 9.20. The Hall–Kier alpha value is -1.51. The Morgan fingerprint density at radius 1 is 1.21 bits per heavy atom. The first-order valence-corrected chi connectivity index (χ1v) is 6.90. The Labute approximate surface area is 121 Å². The van der Waals surface area contributed by atoms with Gasteiger partial charge in [-0.25, -0.2) is 4.98 Å². The molecule has 0 amide bonds. The number of hydrogen-bond donors (Lipinski definition) is 0. The number of imidazole rings is 1. The number of aryl methyl sites for hydroxylation is 1. The van der Waals surface area contributed by atoms with E-state index in [1.54, 1.807) is 0 Å². The minimum Gasteiger partial charge on any atom is -0.300 e. The van der Waals surface area contributed by atoms with Gasteiger partial charge in [0.05, 0.1) is 22.3 Å². The number of fused-ring (bicyclic) bond motifs is 1. The van der Waals surface area contributed by atoms with Gasteiger partial charge in [0.25, 0.3) is 0 Å². The number of nitrogens with zero attached hydrogens (tertiary/aromatic N) is 2. The monoisotopic (exact) mass is 290 g/mol. The van der Waals surface area contributed by atoms with Crippen molar-refractivity contribution in [1.29, 1.82) is 0 Å². The van der Waals surface area contributed by atoms with Crippen molar-refractivity contribution >= 4 is 28.8 Å². The number of pyridine rings is 1. The van der Waals surface area contributed by atoms with Crippen LogP contribution < -0.4 is 0 Å². The van der Waals surface area contributed by atoms with Crippen molar-refractivity contribution in [3.63, 3.8) is 0 Å². The van der Waals surface area contributed by atoms with Crippen LogP contribution in [0.5, 0.6) is 0 Å². The van der Waals surface area contributed by atoms with Crippen molar-refractivity contribution < 1.29 is 0 Å². The van der Waals surface area contributed by atoms with Gasteiger partial charge in [0.15, 0.2) is 0 Å². The van der Waals surface area contributed by atoms with Crippen molar-refractivity contribution in [3.8, 4) is 11.3 Å². The SMILES string of the molecule is Cc1cc(Cl)cn2c(CCl)c(-c3ccccc3)nc12. The van der Waals surface area contributed by atoms with Gasteiger partial charge in [-0.05, 0) is 18.6 Å². The van der Waals surface area contributed by atoms with Crippen LogP contribution in [-0.2, 0) is 5.88 Å². The van der Waals surface area contributed by atoms with E-state index in [9.17, 15) is 0 Å². The maximum atomic E-state index is 6.12. The van der Waals surface area contributed by atoms with E-state index in [1.807, 2.05) is 53.9 Å². The molecular weight excluding hydrogens is 279 g/mol. The molecule has 3 rings (SSSR count). The number of benzene rings is 1. The summed E-state index contributed by atoms with van der Waals surface area (Å²) in [4.78, 5) is 4.71. The molecule has 0 spiro atoms. The first kappa shape index (κ1) is 12.5. The summed E-state index contributed by atoms with van der Waals surface area (Å²) < 4.78 is 1.98. The van der Waals surface area contributed by atoms with Gasteiger partial charge in [0.1, 0.15) is 5.65 Å². The molecule has 4 heteroatoms.